The number of carbonyl (C=O) groups is 2. The number of Topliss-reactive ketones (excluding diaryl/α,β-unsaturated/α-hetero) is 1. The molecule has 1 aliphatic heterocycles. The van der Waals surface area contributed by atoms with Crippen LogP contribution in [0.3, 0.4) is 0 Å². The Bertz CT molecular complexity index is 1100. The van der Waals surface area contributed by atoms with Crippen LogP contribution in [0, 0.1) is 11.3 Å². The standard InChI is InChI=1S/C24H23Br2N3O2/c1-13-20(23(31)29-19-9-8-16(26)12-27-19)21(14-4-6-15(25)7-5-14)22-17(28-13)10-24(2,3)11-18(22)30/h4-9,12,20-21H,10-11H2,1-3H3,(H,27,29,31)/t20?,21-/m1/s1. The van der Waals surface area contributed by atoms with E-state index in [4.69, 9.17) is 4.99 Å². The number of ketones is 1. The van der Waals surface area contributed by atoms with Crippen molar-refractivity contribution in [2.45, 2.75) is 39.5 Å². The molecule has 2 atom stereocenters. The maximum Gasteiger partial charge on any atom is 0.235 e. The van der Waals surface area contributed by atoms with E-state index in [2.05, 4.69) is 56.0 Å². The van der Waals surface area contributed by atoms with Crippen molar-refractivity contribution in [2.24, 2.45) is 16.3 Å². The highest BCUT2D eigenvalue weighted by atomic mass is 79.9. The molecular weight excluding hydrogens is 522 g/mol. The average molecular weight is 545 g/mol. The number of anilines is 1. The van der Waals surface area contributed by atoms with Gasteiger partial charge in [0.1, 0.15) is 5.82 Å². The third-order valence-corrected chi connectivity index (χ3v) is 6.79. The number of carbonyl (C=O) groups excluding carboxylic acids is 2. The molecule has 0 fully saturated rings. The Morgan fingerprint density at radius 3 is 2.39 bits per heavy atom. The van der Waals surface area contributed by atoms with Gasteiger partial charge >= 0.3 is 0 Å². The summed E-state index contributed by atoms with van der Waals surface area (Å²) in [5.41, 5.74) is 3.00. The van der Waals surface area contributed by atoms with E-state index in [9.17, 15) is 9.59 Å². The van der Waals surface area contributed by atoms with E-state index >= 15 is 0 Å². The lowest BCUT2D eigenvalue weighted by Crippen LogP contribution is -2.41. The van der Waals surface area contributed by atoms with E-state index in [0.29, 0.717) is 23.5 Å². The zero-order valence-corrected chi connectivity index (χ0v) is 20.7. The van der Waals surface area contributed by atoms with Gasteiger partial charge in [-0.05, 0) is 64.5 Å². The molecule has 4 rings (SSSR count). The van der Waals surface area contributed by atoms with Crippen molar-refractivity contribution in [3.63, 3.8) is 0 Å². The van der Waals surface area contributed by atoms with Crippen molar-refractivity contribution in [3.8, 4) is 0 Å². The predicted molar refractivity (Wildman–Crippen MR) is 129 cm³/mol. The van der Waals surface area contributed by atoms with E-state index < -0.39 is 5.92 Å². The van der Waals surface area contributed by atoms with Gasteiger partial charge < -0.3 is 5.32 Å². The predicted octanol–water partition coefficient (Wildman–Crippen LogP) is 6.06. The molecule has 1 aliphatic carbocycles. The molecule has 7 heteroatoms. The van der Waals surface area contributed by atoms with Gasteiger partial charge in [-0.3, -0.25) is 14.6 Å². The lowest BCUT2D eigenvalue weighted by atomic mass is 9.66. The van der Waals surface area contributed by atoms with Crippen LogP contribution in [-0.4, -0.2) is 22.4 Å². The van der Waals surface area contributed by atoms with Crippen LogP contribution < -0.4 is 5.32 Å². The molecule has 0 bridgehead atoms. The lowest BCUT2D eigenvalue weighted by molar-refractivity contribution is -0.119. The van der Waals surface area contributed by atoms with Crippen molar-refractivity contribution in [1.82, 2.24) is 4.98 Å². The average Bonchev–Trinajstić information content (AvgIpc) is 2.68. The number of nitrogens with zero attached hydrogens (tertiary/aromatic N) is 2. The molecule has 5 nitrogen and oxygen atoms in total. The van der Waals surface area contributed by atoms with Crippen molar-refractivity contribution < 1.29 is 9.59 Å². The maximum absolute atomic E-state index is 13.4. The van der Waals surface area contributed by atoms with Gasteiger partial charge in [0.05, 0.1) is 5.92 Å². The van der Waals surface area contributed by atoms with E-state index in [-0.39, 0.29) is 23.0 Å². The summed E-state index contributed by atoms with van der Waals surface area (Å²) in [6.45, 7) is 6.05. The summed E-state index contributed by atoms with van der Waals surface area (Å²) in [7, 11) is 0. The Labute approximate surface area is 198 Å². The number of benzene rings is 1. The smallest absolute Gasteiger partial charge is 0.235 e. The maximum atomic E-state index is 13.4. The molecular formula is C24H23Br2N3O2. The van der Waals surface area contributed by atoms with Crippen LogP contribution in [0.1, 0.15) is 45.1 Å². The summed E-state index contributed by atoms with van der Waals surface area (Å²) < 4.78 is 1.78. The fourth-order valence-corrected chi connectivity index (χ4v) is 4.97. The van der Waals surface area contributed by atoms with Gasteiger partial charge in [0.15, 0.2) is 5.78 Å². The first-order valence-electron chi connectivity index (χ1n) is 10.1. The number of hydrogen-bond donors (Lipinski definition) is 1. The number of aromatic nitrogens is 1. The summed E-state index contributed by atoms with van der Waals surface area (Å²) in [5, 5.41) is 2.91. The number of pyridine rings is 1. The molecule has 0 saturated heterocycles. The van der Waals surface area contributed by atoms with Gasteiger partial charge in [-0.1, -0.05) is 41.9 Å². The molecule has 2 aromatic rings. The van der Waals surface area contributed by atoms with Crippen molar-refractivity contribution >= 4 is 55.1 Å². The molecule has 1 N–H and O–H groups in total. The third-order valence-electron chi connectivity index (χ3n) is 5.79. The normalized spacial score (nSPS) is 22.6. The summed E-state index contributed by atoms with van der Waals surface area (Å²) >= 11 is 6.83. The highest BCUT2D eigenvalue weighted by Crippen LogP contribution is 2.48. The second-order valence-corrected chi connectivity index (χ2v) is 10.7. The molecule has 2 heterocycles. The zero-order valence-electron chi connectivity index (χ0n) is 17.6. The molecule has 1 amide bonds. The largest absolute Gasteiger partial charge is 0.310 e. The fraction of sp³-hybridized carbons (Fsp3) is 0.333. The molecule has 1 unspecified atom stereocenters. The number of rotatable bonds is 3. The highest BCUT2D eigenvalue weighted by Gasteiger charge is 2.45. The van der Waals surface area contributed by atoms with Crippen molar-refractivity contribution in [3.05, 3.63) is 68.4 Å². The Balaban J connectivity index is 1.78. The number of halogens is 2. The SMILES string of the molecule is CC1=NC2=C(C(=O)CC(C)(C)C2)[C@H](c2ccc(Br)cc2)C1C(=O)Nc1ccc(Br)cn1. The summed E-state index contributed by atoms with van der Waals surface area (Å²) in [5.74, 6) is -0.634. The minimum absolute atomic E-state index is 0.0787. The molecule has 0 spiro atoms. The van der Waals surface area contributed by atoms with Crippen molar-refractivity contribution in [2.75, 3.05) is 5.32 Å². The van der Waals surface area contributed by atoms with Crippen LogP contribution in [-0.2, 0) is 9.59 Å². The Kier molecular flexibility index (Phi) is 6.01. The summed E-state index contributed by atoms with van der Waals surface area (Å²) in [4.78, 5) is 35.8. The molecule has 0 radical (unpaired) electrons. The second-order valence-electron chi connectivity index (χ2n) is 8.91. The van der Waals surface area contributed by atoms with Crippen LogP contribution >= 0.6 is 31.9 Å². The molecule has 160 valence electrons. The number of allylic oxidation sites excluding steroid dienone is 2. The topological polar surface area (TPSA) is 71.4 Å². The quantitative estimate of drug-likeness (QED) is 0.510. The number of hydrogen-bond acceptors (Lipinski definition) is 4. The number of aliphatic imine (C=N–C) groups is 1. The molecule has 0 saturated carbocycles. The van der Waals surface area contributed by atoms with Gasteiger partial charge in [-0.25, -0.2) is 4.98 Å². The number of amides is 1. The Hall–Kier alpha value is -2.12. The van der Waals surface area contributed by atoms with E-state index in [1.165, 1.54) is 0 Å². The van der Waals surface area contributed by atoms with Crippen LogP contribution in [0.5, 0.6) is 0 Å². The molecule has 1 aromatic carbocycles. The van der Waals surface area contributed by atoms with Crippen molar-refractivity contribution in [1.29, 1.82) is 0 Å². The first kappa shape index (κ1) is 22.1. The minimum atomic E-state index is -0.587. The first-order valence-corrected chi connectivity index (χ1v) is 11.7. The van der Waals surface area contributed by atoms with E-state index in [1.807, 2.05) is 37.3 Å². The van der Waals surface area contributed by atoms with Gasteiger partial charge in [0, 0.05) is 44.5 Å². The fourth-order valence-electron chi connectivity index (χ4n) is 4.47. The second kappa shape index (κ2) is 8.43. The van der Waals surface area contributed by atoms with Gasteiger partial charge in [0.2, 0.25) is 5.91 Å². The monoisotopic (exact) mass is 543 g/mol. The van der Waals surface area contributed by atoms with Crippen LogP contribution in [0.15, 0.2) is 67.8 Å². The van der Waals surface area contributed by atoms with Crippen LogP contribution in [0.25, 0.3) is 0 Å². The van der Waals surface area contributed by atoms with Crippen LogP contribution in [0.2, 0.25) is 0 Å². The van der Waals surface area contributed by atoms with Gasteiger partial charge in [-0.2, -0.15) is 0 Å². The summed E-state index contributed by atoms with van der Waals surface area (Å²) in [6, 6.07) is 11.4. The third kappa shape index (κ3) is 4.58. The summed E-state index contributed by atoms with van der Waals surface area (Å²) in [6.07, 6.45) is 2.81. The van der Waals surface area contributed by atoms with Crippen LogP contribution in [0.4, 0.5) is 5.82 Å². The van der Waals surface area contributed by atoms with E-state index in [0.717, 1.165) is 26.6 Å². The molecule has 2 aliphatic rings. The minimum Gasteiger partial charge on any atom is -0.310 e. The molecule has 1 aromatic heterocycles. The highest BCUT2D eigenvalue weighted by molar-refractivity contribution is 9.10. The number of nitrogens with one attached hydrogen (secondary N) is 1. The lowest BCUT2D eigenvalue weighted by Gasteiger charge is -2.39. The molecule has 31 heavy (non-hydrogen) atoms. The Morgan fingerprint density at radius 2 is 1.74 bits per heavy atom. The Morgan fingerprint density at radius 1 is 1.06 bits per heavy atom. The zero-order chi connectivity index (χ0) is 22.3. The van der Waals surface area contributed by atoms with Gasteiger partial charge in [-0.15, -0.1) is 0 Å². The van der Waals surface area contributed by atoms with Gasteiger partial charge in [0.25, 0.3) is 0 Å². The first-order chi connectivity index (χ1) is 14.6. The van der Waals surface area contributed by atoms with E-state index in [1.54, 1.807) is 12.3 Å².